The Hall–Kier alpha value is -1.83. The highest BCUT2D eigenvalue weighted by molar-refractivity contribution is 6.31. The molecule has 1 aliphatic rings. The third-order valence-corrected chi connectivity index (χ3v) is 4.01. The average Bonchev–Trinajstić information content (AvgIpc) is 2.88. The Bertz CT molecular complexity index is 707. The Morgan fingerprint density at radius 2 is 1.95 bits per heavy atom. The van der Waals surface area contributed by atoms with Crippen LogP contribution in [0, 0.1) is 0 Å². The van der Waals surface area contributed by atoms with Crippen molar-refractivity contribution in [3.8, 4) is 0 Å². The van der Waals surface area contributed by atoms with Crippen LogP contribution in [0.15, 0.2) is 18.2 Å². The molecule has 0 bridgehead atoms. The number of halogens is 4. The standard InChI is InChI=1S/C13H12ClF3N4O/c14-8-1-2-10-11(7-8)21(19-18-10)9-3-5-20(6-4-9)12(22)13(15,16)17/h1-2,7,9H,3-6H2. The molecular weight excluding hydrogens is 321 g/mol. The molecule has 0 N–H and O–H groups in total. The van der Waals surface area contributed by atoms with E-state index in [2.05, 4.69) is 10.3 Å². The molecule has 0 atom stereocenters. The number of hydrogen-bond acceptors (Lipinski definition) is 3. The molecular formula is C13H12ClF3N4O. The zero-order valence-corrected chi connectivity index (χ0v) is 12.1. The molecule has 0 unspecified atom stereocenters. The number of alkyl halides is 3. The van der Waals surface area contributed by atoms with E-state index < -0.39 is 12.1 Å². The number of nitrogens with zero attached hydrogens (tertiary/aromatic N) is 4. The van der Waals surface area contributed by atoms with Gasteiger partial charge in [0.05, 0.1) is 11.6 Å². The number of carbonyl (C=O) groups is 1. The number of aromatic nitrogens is 3. The van der Waals surface area contributed by atoms with Crippen LogP contribution in [0.1, 0.15) is 18.9 Å². The normalized spacial score (nSPS) is 17.2. The average molecular weight is 333 g/mol. The first-order valence-corrected chi connectivity index (χ1v) is 7.10. The first-order chi connectivity index (χ1) is 10.4. The molecule has 9 heteroatoms. The minimum absolute atomic E-state index is 0.0466. The summed E-state index contributed by atoms with van der Waals surface area (Å²) in [5.41, 5.74) is 1.42. The molecule has 5 nitrogen and oxygen atoms in total. The van der Waals surface area contributed by atoms with Gasteiger partial charge in [-0.25, -0.2) is 4.68 Å². The Morgan fingerprint density at radius 1 is 1.27 bits per heavy atom. The summed E-state index contributed by atoms with van der Waals surface area (Å²) in [4.78, 5) is 12.1. The molecule has 1 saturated heterocycles. The molecule has 3 rings (SSSR count). The van der Waals surface area contributed by atoms with Crippen molar-refractivity contribution >= 4 is 28.5 Å². The summed E-state index contributed by atoms with van der Waals surface area (Å²) in [5.74, 6) is -1.78. The molecule has 1 fully saturated rings. The predicted octanol–water partition coefficient (Wildman–Crippen LogP) is 2.81. The van der Waals surface area contributed by atoms with Crippen molar-refractivity contribution in [1.82, 2.24) is 19.9 Å². The molecule has 1 aliphatic heterocycles. The van der Waals surface area contributed by atoms with Crippen molar-refractivity contribution in [2.24, 2.45) is 0 Å². The van der Waals surface area contributed by atoms with E-state index in [0.29, 0.717) is 23.4 Å². The zero-order chi connectivity index (χ0) is 15.9. The van der Waals surface area contributed by atoms with Gasteiger partial charge in [0.25, 0.3) is 0 Å². The summed E-state index contributed by atoms with van der Waals surface area (Å²) in [6, 6.07) is 5.07. The lowest BCUT2D eigenvalue weighted by atomic mass is 10.0. The maximum absolute atomic E-state index is 12.4. The fourth-order valence-corrected chi connectivity index (χ4v) is 2.84. The third kappa shape index (κ3) is 2.75. The molecule has 2 aromatic rings. The van der Waals surface area contributed by atoms with Gasteiger partial charge in [0, 0.05) is 18.1 Å². The summed E-state index contributed by atoms with van der Waals surface area (Å²) in [6.07, 6.45) is -4.03. The molecule has 118 valence electrons. The molecule has 1 aromatic heterocycles. The van der Waals surface area contributed by atoms with Gasteiger partial charge < -0.3 is 4.90 Å². The van der Waals surface area contributed by atoms with Gasteiger partial charge in [-0.1, -0.05) is 16.8 Å². The second-order valence-electron chi connectivity index (χ2n) is 5.19. The van der Waals surface area contributed by atoms with Crippen LogP contribution in [-0.4, -0.2) is 45.1 Å². The number of carbonyl (C=O) groups excluding carboxylic acids is 1. The molecule has 1 aromatic carbocycles. The first kappa shape index (κ1) is 15.1. The van der Waals surface area contributed by atoms with E-state index in [1.54, 1.807) is 22.9 Å². The van der Waals surface area contributed by atoms with Crippen molar-refractivity contribution in [2.45, 2.75) is 25.1 Å². The fraction of sp³-hybridized carbons (Fsp3) is 0.462. The largest absolute Gasteiger partial charge is 0.471 e. The molecule has 2 heterocycles. The van der Waals surface area contributed by atoms with Crippen LogP contribution in [0.2, 0.25) is 5.02 Å². The SMILES string of the molecule is O=C(N1CCC(n2nnc3ccc(Cl)cc32)CC1)C(F)(F)F. The van der Waals surface area contributed by atoms with E-state index in [4.69, 9.17) is 11.6 Å². The van der Waals surface area contributed by atoms with Crippen LogP contribution < -0.4 is 0 Å². The number of likely N-dealkylation sites (tertiary alicyclic amines) is 1. The Morgan fingerprint density at radius 3 is 2.59 bits per heavy atom. The maximum Gasteiger partial charge on any atom is 0.471 e. The van der Waals surface area contributed by atoms with Gasteiger partial charge >= 0.3 is 12.1 Å². The van der Waals surface area contributed by atoms with Crippen molar-refractivity contribution < 1.29 is 18.0 Å². The van der Waals surface area contributed by atoms with Gasteiger partial charge in [-0.15, -0.1) is 5.10 Å². The molecule has 0 aliphatic carbocycles. The number of fused-ring (bicyclic) bond motifs is 1. The van der Waals surface area contributed by atoms with Crippen LogP contribution in [0.3, 0.4) is 0 Å². The lowest BCUT2D eigenvalue weighted by molar-refractivity contribution is -0.186. The van der Waals surface area contributed by atoms with E-state index >= 15 is 0 Å². The monoisotopic (exact) mass is 332 g/mol. The molecule has 0 saturated carbocycles. The van der Waals surface area contributed by atoms with Crippen molar-refractivity contribution in [2.75, 3.05) is 13.1 Å². The molecule has 0 radical (unpaired) electrons. The van der Waals surface area contributed by atoms with Gasteiger partial charge in [-0.3, -0.25) is 4.79 Å². The van der Waals surface area contributed by atoms with Crippen molar-refractivity contribution in [3.05, 3.63) is 23.2 Å². The second-order valence-corrected chi connectivity index (χ2v) is 5.62. The van der Waals surface area contributed by atoms with E-state index in [0.717, 1.165) is 10.4 Å². The molecule has 0 spiro atoms. The highest BCUT2D eigenvalue weighted by Crippen LogP contribution is 2.28. The quantitative estimate of drug-likeness (QED) is 0.807. The molecule has 22 heavy (non-hydrogen) atoms. The predicted molar refractivity (Wildman–Crippen MR) is 73.4 cm³/mol. The van der Waals surface area contributed by atoms with Gasteiger partial charge in [0.2, 0.25) is 0 Å². The van der Waals surface area contributed by atoms with E-state index in [-0.39, 0.29) is 19.1 Å². The summed E-state index contributed by atoms with van der Waals surface area (Å²) >= 11 is 5.95. The van der Waals surface area contributed by atoms with E-state index in [1.165, 1.54) is 0 Å². The highest BCUT2D eigenvalue weighted by Gasteiger charge is 2.43. The van der Waals surface area contributed by atoms with E-state index in [1.807, 2.05) is 0 Å². The number of hydrogen-bond donors (Lipinski definition) is 0. The van der Waals surface area contributed by atoms with Gasteiger partial charge in [-0.05, 0) is 31.0 Å². The Balaban J connectivity index is 1.76. The topological polar surface area (TPSA) is 51.0 Å². The van der Waals surface area contributed by atoms with Crippen LogP contribution in [0.4, 0.5) is 13.2 Å². The fourth-order valence-electron chi connectivity index (χ4n) is 2.67. The van der Waals surface area contributed by atoms with Gasteiger partial charge in [-0.2, -0.15) is 13.2 Å². The summed E-state index contributed by atoms with van der Waals surface area (Å²) < 4.78 is 38.9. The number of benzene rings is 1. The smallest absolute Gasteiger partial charge is 0.335 e. The Labute approximate surface area is 128 Å². The van der Waals surface area contributed by atoms with E-state index in [9.17, 15) is 18.0 Å². The lowest BCUT2D eigenvalue weighted by Crippen LogP contribution is -2.45. The van der Waals surface area contributed by atoms with Crippen LogP contribution in [0.25, 0.3) is 11.0 Å². The third-order valence-electron chi connectivity index (χ3n) is 3.77. The number of rotatable bonds is 1. The minimum Gasteiger partial charge on any atom is -0.335 e. The number of piperidine rings is 1. The van der Waals surface area contributed by atoms with Gasteiger partial charge in [0.15, 0.2) is 0 Å². The van der Waals surface area contributed by atoms with Crippen LogP contribution in [0.5, 0.6) is 0 Å². The van der Waals surface area contributed by atoms with Crippen LogP contribution >= 0.6 is 11.6 Å². The van der Waals surface area contributed by atoms with Crippen LogP contribution in [-0.2, 0) is 4.79 Å². The number of amides is 1. The maximum atomic E-state index is 12.4. The van der Waals surface area contributed by atoms with Gasteiger partial charge in [0.1, 0.15) is 5.52 Å². The second kappa shape index (κ2) is 5.42. The molecule has 1 amide bonds. The Kier molecular flexibility index (Phi) is 3.72. The highest BCUT2D eigenvalue weighted by atomic mass is 35.5. The summed E-state index contributed by atoms with van der Waals surface area (Å²) in [6.45, 7) is 0.0931. The summed E-state index contributed by atoms with van der Waals surface area (Å²) in [7, 11) is 0. The zero-order valence-electron chi connectivity index (χ0n) is 11.3. The lowest BCUT2D eigenvalue weighted by Gasteiger charge is -2.32. The van der Waals surface area contributed by atoms with Crippen molar-refractivity contribution in [1.29, 1.82) is 0 Å². The summed E-state index contributed by atoms with van der Waals surface area (Å²) in [5, 5.41) is 8.63. The first-order valence-electron chi connectivity index (χ1n) is 6.73. The van der Waals surface area contributed by atoms with Crippen molar-refractivity contribution in [3.63, 3.8) is 0 Å². The minimum atomic E-state index is -4.82.